The summed E-state index contributed by atoms with van der Waals surface area (Å²) in [6.45, 7) is 0.405. The summed E-state index contributed by atoms with van der Waals surface area (Å²) in [4.78, 5) is 26.8. The molecule has 0 fully saturated rings. The molecule has 0 aliphatic heterocycles. The molecule has 5 nitrogen and oxygen atoms in total. The van der Waals surface area contributed by atoms with Gasteiger partial charge in [0, 0.05) is 17.5 Å². The number of carbonyl (C=O) groups excluding carboxylic acids is 1. The summed E-state index contributed by atoms with van der Waals surface area (Å²) in [5.74, 6) is -1.19. The van der Waals surface area contributed by atoms with Gasteiger partial charge >= 0.3 is 12.1 Å². The van der Waals surface area contributed by atoms with Crippen molar-refractivity contribution in [2.45, 2.75) is 12.3 Å². The maximum absolute atomic E-state index is 13.5. The Morgan fingerprint density at radius 1 is 0.806 bits per heavy atom. The molecular formula is C30H24ClNO4. The predicted octanol–water partition coefficient (Wildman–Crippen LogP) is 7.04. The van der Waals surface area contributed by atoms with E-state index < -0.39 is 12.1 Å². The van der Waals surface area contributed by atoms with Crippen LogP contribution in [0.4, 0.5) is 10.5 Å². The van der Waals surface area contributed by atoms with Gasteiger partial charge in [0.15, 0.2) is 0 Å². The molecule has 0 aromatic heterocycles. The molecule has 1 N–H and O–H groups in total. The van der Waals surface area contributed by atoms with Crippen LogP contribution in [-0.4, -0.2) is 30.3 Å². The molecule has 180 valence electrons. The number of benzene rings is 4. The number of fused-ring (bicyclic) bond motifs is 3. The number of halogens is 1. The lowest BCUT2D eigenvalue weighted by Gasteiger charge is -2.25. The molecule has 0 radical (unpaired) electrons. The number of hydrogen-bond donors (Lipinski definition) is 1. The first-order valence-electron chi connectivity index (χ1n) is 11.7. The minimum Gasteiger partial charge on any atom is -0.478 e. The van der Waals surface area contributed by atoms with Crippen molar-refractivity contribution in [2.24, 2.45) is 0 Å². The highest BCUT2D eigenvalue weighted by atomic mass is 35.5. The van der Waals surface area contributed by atoms with E-state index in [1.807, 2.05) is 36.4 Å². The second kappa shape index (κ2) is 10.3. The molecular weight excluding hydrogens is 474 g/mol. The van der Waals surface area contributed by atoms with Crippen molar-refractivity contribution in [1.82, 2.24) is 0 Å². The van der Waals surface area contributed by atoms with Gasteiger partial charge in [0.05, 0.1) is 11.3 Å². The number of anilines is 1. The van der Waals surface area contributed by atoms with E-state index in [0.717, 1.165) is 27.8 Å². The quantitative estimate of drug-likeness (QED) is 0.297. The summed E-state index contributed by atoms with van der Waals surface area (Å²) in [7, 11) is 0. The zero-order valence-corrected chi connectivity index (χ0v) is 20.2. The SMILES string of the molecule is O=C(O)c1ccccc1N(CCc1ccc(Cl)cc1)C(=O)OCC1c2ccccc2-c2ccccc21. The second-order valence-electron chi connectivity index (χ2n) is 8.65. The third-order valence-corrected chi connectivity index (χ3v) is 6.77. The Balaban J connectivity index is 1.40. The molecule has 0 saturated carbocycles. The summed E-state index contributed by atoms with van der Waals surface area (Å²) in [6.07, 6.45) is -0.0745. The lowest BCUT2D eigenvalue weighted by atomic mass is 9.98. The van der Waals surface area contributed by atoms with Crippen molar-refractivity contribution in [3.05, 3.63) is 124 Å². The van der Waals surface area contributed by atoms with Gasteiger partial charge in [-0.3, -0.25) is 4.90 Å². The van der Waals surface area contributed by atoms with Gasteiger partial charge in [0.2, 0.25) is 0 Å². The van der Waals surface area contributed by atoms with Crippen LogP contribution in [0.1, 0.15) is 33.0 Å². The first kappa shape index (κ1) is 23.6. The van der Waals surface area contributed by atoms with Crippen LogP contribution in [0.25, 0.3) is 11.1 Å². The number of para-hydroxylation sites is 1. The van der Waals surface area contributed by atoms with E-state index in [1.54, 1.807) is 30.3 Å². The standard InChI is InChI=1S/C30H24ClNO4/c31-21-15-13-20(14-16-21)17-18-32(28-12-6-5-11-26(28)29(33)34)30(35)36-19-27-24-9-3-1-7-22(24)23-8-2-4-10-25(23)27/h1-16,27H,17-19H2,(H,33,34). The van der Waals surface area contributed by atoms with Crippen LogP contribution >= 0.6 is 11.6 Å². The summed E-state index contributed by atoms with van der Waals surface area (Å²) >= 11 is 6.00. The Labute approximate surface area is 214 Å². The number of aromatic carboxylic acids is 1. The number of hydrogen-bond acceptors (Lipinski definition) is 3. The van der Waals surface area contributed by atoms with Crippen molar-refractivity contribution < 1.29 is 19.4 Å². The first-order chi connectivity index (χ1) is 17.5. The number of ether oxygens (including phenoxy) is 1. The normalized spacial score (nSPS) is 12.0. The van der Waals surface area contributed by atoms with E-state index in [1.165, 1.54) is 11.0 Å². The third-order valence-electron chi connectivity index (χ3n) is 6.52. The number of carboxylic acid groups (broad SMARTS) is 1. The molecule has 4 aromatic rings. The van der Waals surface area contributed by atoms with Crippen LogP contribution in [0.15, 0.2) is 97.1 Å². The van der Waals surface area contributed by atoms with Crippen molar-refractivity contribution in [2.75, 3.05) is 18.1 Å². The lowest BCUT2D eigenvalue weighted by molar-refractivity contribution is 0.0697. The molecule has 1 amide bonds. The van der Waals surface area contributed by atoms with E-state index in [2.05, 4.69) is 24.3 Å². The van der Waals surface area contributed by atoms with E-state index in [-0.39, 0.29) is 24.6 Å². The second-order valence-corrected chi connectivity index (χ2v) is 9.09. The van der Waals surface area contributed by atoms with Crippen molar-refractivity contribution in [3.63, 3.8) is 0 Å². The van der Waals surface area contributed by atoms with Crippen LogP contribution in [-0.2, 0) is 11.2 Å². The minimum absolute atomic E-state index is 0.0436. The Morgan fingerprint density at radius 2 is 1.39 bits per heavy atom. The molecule has 1 aliphatic carbocycles. The molecule has 6 heteroatoms. The fraction of sp³-hybridized carbons (Fsp3) is 0.133. The topological polar surface area (TPSA) is 66.8 Å². The molecule has 0 bridgehead atoms. The van der Waals surface area contributed by atoms with Crippen molar-refractivity contribution >= 4 is 29.4 Å². The molecule has 0 unspecified atom stereocenters. The highest BCUT2D eigenvalue weighted by molar-refractivity contribution is 6.30. The number of carbonyl (C=O) groups is 2. The highest BCUT2D eigenvalue weighted by Gasteiger charge is 2.30. The highest BCUT2D eigenvalue weighted by Crippen LogP contribution is 2.44. The van der Waals surface area contributed by atoms with Crippen LogP contribution in [0, 0.1) is 0 Å². The maximum Gasteiger partial charge on any atom is 0.414 e. The predicted molar refractivity (Wildman–Crippen MR) is 141 cm³/mol. The van der Waals surface area contributed by atoms with Crippen molar-refractivity contribution in [1.29, 1.82) is 0 Å². The van der Waals surface area contributed by atoms with Gasteiger partial charge in [-0.15, -0.1) is 0 Å². The molecule has 0 heterocycles. The molecule has 36 heavy (non-hydrogen) atoms. The minimum atomic E-state index is -1.10. The molecule has 0 saturated heterocycles. The molecule has 4 aromatic carbocycles. The Morgan fingerprint density at radius 3 is 2.03 bits per heavy atom. The summed E-state index contributed by atoms with van der Waals surface area (Å²) in [5.41, 5.74) is 5.84. The summed E-state index contributed by atoms with van der Waals surface area (Å²) in [6, 6.07) is 30.1. The van der Waals surface area contributed by atoms with Gasteiger partial charge in [0.25, 0.3) is 0 Å². The molecule has 5 rings (SSSR count). The number of nitrogens with zero attached hydrogens (tertiary/aromatic N) is 1. The number of rotatable bonds is 7. The number of amides is 1. The first-order valence-corrected chi connectivity index (χ1v) is 12.1. The Bertz CT molecular complexity index is 1370. The van der Waals surface area contributed by atoms with Crippen molar-refractivity contribution in [3.8, 4) is 11.1 Å². The fourth-order valence-corrected chi connectivity index (χ4v) is 4.89. The Hall–Kier alpha value is -4.09. The van der Waals surface area contributed by atoms with Gasteiger partial charge in [-0.25, -0.2) is 9.59 Å². The maximum atomic E-state index is 13.5. The smallest absolute Gasteiger partial charge is 0.414 e. The van der Waals surface area contributed by atoms with E-state index in [0.29, 0.717) is 17.1 Å². The Kier molecular flexibility index (Phi) is 6.74. The fourth-order valence-electron chi connectivity index (χ4n) is 4.76. The molecule has 1 aliphatic rings. The zero-order chi connectivity index (χ0) is 25.1. The van der Waals surface area contributed by atoms with Crippen LogP contribution in [0.2, 0.25) is 5.02 Å². The van der Waals surface area contributed by atoms with E-state index in [9.17, 15) is 14.7 Å². The van der Waals surface area contributed by atoms with Gasteiger partial charge in [0.1, 0.15) is 6.61 Å². The third kappa shape index (κ3) is 4.70. The van der Waals surface area contributed by atoms with Crippen LogP contribution in [0.5, 0.6) is 0 Å². The van der Waals surface area contributed by atoms with Crippen LogP contribution < -0.4 is 4.90 Å². The largest absolute Gasteiger partial charge is 0.478 e. The van der Waals surface area contributed by atoms with E-state index in [4.69, 9.17) is 16.3 Å². The van der Waals surface area contributed by atoms with E-state index >= 15 is 0 Å². The van der Waals surface area contributed by atoms with Gasteiger partial charge < -0.3 is 9.84 Å². The van der Waals surface area contributed by atoms with Crippen LogP contribution in [0.3, 0.4) is 0 Å². The van der Waals surface area contributed by atoms with Gasteiger partial charge in [-0.2, -0.15) is 0 Å². The molecule has 0 spiro atoms. The lowest BCUT2D eigenvalue weighted by Crippen LogP contribution is -2.35. The summed E-state index contributed by atoms with van der Waals surface area (Å²) < 4.78 is 5.87. The van der Waals surface area contributed by atoms with Gasteiger partial charge in [-0.05, 0) is 58.5 Å². The molecule has 0 atom stereocenters. The average molecular weight is 498 g/mol. The zero-order valence-electron chi connectivity index (χ0n) is 19.4. The monoisotopic (exact) mass is 497 g/mol. The average Bonchev–Trinajstić information content (AvgIpc) is 3.22. The number of carboxylic acids is 1. The van der Waals surface area contributed by atoms with Gasteiger partial charge in [-0.1, -0.05) is 84.4 Å². The summed E-state index contributed by atoms with van der Waals surface area (Å²) in [5, 5.41) is 10.4.